The fourth-order valence-corrected chi connectivity index (χ4v) is 2.03. The third kappa shape index (κ3) is 3.95. The predicted molar refractivity (Wildman–Crippen MR) is 69.2 cm³/mol. The van der Waals surface area contributed by atoms with E-state index in [-0.39, 0.29) is 12.6 Å². The lowest BCUT2D eigenvalue weighted by Gasteiger charge is -2.19. The maximum atomic E-state index is 9.04. The molecule has 16 heavy (non-hydrogen) atoms. The summed E-state index contributed by atoms with van der Waals surface area (Å²) in [6.45, 7) is 3.13. The van der Waals surface area contributed by atoms with Crippen LogP contribution in [-0.4, -0.2) is 18.3 Å². The van der Waals surface area contributed by atoms with Crippen molar-refractivity contribution in [3.8, 4) is 0 Å². The number of hydrogen-bond acceptors (Lipinski definition) is 2. The molecule has 0 spiro atoms. The summed E-state index contributed by atoms with van der Waals surface area (Å²) in [4.78, 5) is 0. The van der Waals surface area contributed by atoms with Crippen LogP contribution < -0.4 is 5.32 Å². The molecule has 0 fully saturated rings. The molecule has 0 aliphatic rings. The van der Waals surface area contributed by atoms with Crippen LogP contribution in [0.1, 0.15) is 31.4 Å². The first-order valence-electron chi connectivity index (χ1n) is 5.48. The maximum Gasteiger partial charge on any atom is 0.0454 e. The second kappa shape index (κ2) is 7.13. The molecule has 1 atom stereocenters. The summed E-state index contributed by atoms with van der Waals surface area (Å²) in [5.74, 6) is 0. The molecule has 4 heteroatoms. The molecule has 0 aliphatic heterocycles. The van der Waals surface area contributed by atoms with E-state index in [1.54, 1.807) is 12.1 Å². The van der Waals surface area contributed by atoms with Crippen molar-refractivity contribution in [1.82, 2.24) is 5.32 Å². The van der Waals surface area contributed by atoms with Crippen LogP contribution in [-0.2, 0) is 0 Å². The van der Waals surface area contributed by atoms with Crippen LogP contribution in [0.5, 0.6) is 0 Å². The molecule has 1 aromatic carbocycles. The van der Waals surface area contributed by atoms with E-state index in [1.807, 2.05) is 6.07 Å². The van der Waals surface area contributed by atoms with E-state index in [2.05, 4.69) is 12.2 Å². The average Bonchev–Trinajstić information content (AvgIpc) is 2.28. The SMILES string of the molecule is CCCNC(CCO)c1cc(Cl)ccc1Cl. The number of halogens is 2. The smallest absolute Gasteiger partial charge is 0.0454 e. The molecular formula is C12H17Cl2NO. The lowest BCUT2D eigenvalue weighted by atomic mass is 10.0. The van der Waals surface area contributed by atoms with Gasteiger partial charge < -0.3 is 10.4 Å². The number of nitrogens with one attached hydrogen (secondary N) is 1. The molecule has 0 aliphatic carbocycles. The van der Waals surface area contributed by atoms with Gasteiger partial charge in [-0.15, -0.1) is 0 Å². The van der Waals surface area contributed by atoms with Crippen LogP contribution in [0.25, 0.3) is 0 Å². The Bertz CT molecular complexity index is 331. The van der Waals surface area contributed by atoms with Gasteiger partial charge in [-0.1, -0.05) is 30.1 Å². The molecule has 0 radical (unpaired) electrons. The van der Waals surface area contributed by atoms with Crippen LogP contribution in [0.2, 0.25) is 10.0 Å². The second-order valence-electron chi connectivity index (χ2n) is 3.68. The Kier molecular flexibility index (Phi) is 6.14. The van der Waals surface area contributed by atoms with E-state index in [4.69, 9.17) is 28.3 Å². The minimum absolute atomic E-state index is 0.0659. The van der Waals surface area contributed by atoms with Gasteiger partial charge in [0, 0.05) is 22.7 Å². The maximum absolute atomic E-state index is 9.04. The van der Waals surface area contributed by atoms with E-state index in [1.165, 1.54) is 0 Å². The number of rotatable bonds is 6. The zero-order valence-electron chi connectivity index (χ0n) is 9.34. The zero-order valence-corrected chi connectivity index (χ0v) is 10.9. The van der Waals surface area contributed by atoms with Crippen LogP contribution in [0.15, 0.2) is 18.2 Å². The number of aliphatic hydroxyl groups is 1. The Hall–Kier alpha value is -0.280. The van der Waals surface area contributed by atoms with Crippen molar-refractivity contribution < 1.29 is 5.11 Å². The first kappa shape index (κ1) is 13.8. The summed E-state index contributed by atoms with van der Waals surface area (Å²) in [6, 6.07) is 5.48. The number of benzene rings is 1. The highest BCUT2D eigenvalue weighted by molar-refractivity contribution is 6.33. The van der Waals surface area contributed by atoms with Crippen molar-refractivity contribution in [1.29, 1.82) is 0 Å². The Balaban J connectivity index is 2.85. The van der Waals surface area contributed by atoms with Gasteiger partial charge in [-0.25, -0.2) is 0 Å². The predicted octanol–water partition coefficient (Wildman–Crippen LogP) is 3.42. The highest BCUT2D eigenvalue weighted by atomic mass is 35.5. The molecule has 2 nitrogen and oxygen atoms in total. The number of hydrogen-bond donors (Lipinski definition) is 2. The van der Waals surface area contributed by atoms with Gasteiger partial charge in [0.05, 0.1) is 0 Å². The van der Waals surface area contributed by atoms with Gasteiger partial charge in [-0.2, -0.15) is 0 Å². The van der Waals surface area contributed by atoms with Crippen molar-refractivity contribution >= 4 is 23.2 Å². The first-order chi connectivity index (χ1) is 7.69. The van der Waals surface area contributed by atoms with E-state index in [0.717, 1.165) is 18.5 Å². The van der Waals surface area contributed by atoms with Crippen molar-refractivity contribution in [2.24, 2.45) is 0 Å². The Morgan fingerprint density at radius 2 is 2.12 bits per heavy atom. The molecule has 1 rings (SSSR count). The average molecular weight is 262 g/mol. The van der Waals surface area contributed by atoms with Gasteiger partial charge in [-0.05, 0) is 43.1 Å². The lowest BCUT2D eigenvalue weighted by molar-refractivity contribution is 0.265. The molecule has 0 aromatic heterocycles. The summed E-state index contributed by atoms with van der Waals surface area (Å²) in [6.07, 6.45) is 1.68. The van der Waals surface area contributed by atoms with Crippen LogP contribution >= 0.6 is 23.2 Å². The van der Waals surface area contributed by atoms with Crippen LogP contribution in [0.3, 0.4) is 0 Å². The zero-order chi connectivity index (χ0) is 12.0. The summed E-state index contributed by atoms with van der Waals surface area (Å²) < 4.78 is 0. The van der Waals surface area contributed by atoms with E-state index < -0.39 is 0 Å². The molecule has 1 aromatic rings. The van der Waals surface area contributed by atoms with E-state index in [0.29, 0.717) is 16.5 Å². The molecule has 0 bridgehead atoms. The number of aliphatic hydroxyl groups excluding tert-OH is 1. The minimum Gasteiger partial charge on any atom is -0.396 e. The fraction of sp³-hybridized carbons (Fsp3) is 0.500. The van der Waals surface area contributed by atoms with Gasteiger partial charge in [0.25, 0.3) is 0 Å². The van der Waals surface area contributed by atoms with Gasteiger partial charge in [0.2, 0.25) is 0 Å². The lowest BCUT2D eigenvalue weighted by Crippen LogP contribution is -2.23. The minimum atomic E-state index is 0.0659. The van der Waals surface area contributed by atoms with Gasteiger partial charge in [-0.3, -0.25) is 0 Å². The topological polar surface area (TPSA) is 32.3 Å². The Morgan fingerprint density at radius 3 is 2.75 bits per heavy atom. The van der Waals surface area contributed by atoms with E-state index >= 15 is 0 Å². The van der Waals surface area contributed by atoms with Crippen LogP contribution in [0.4, 0.5) is 0 Å². The van der Waals surface area contributed by atoms with Gasteiger partial charge >= 0.3 is 0 Å². The monoisotopic (exact) mass is 261 g/mol. The summed E-state index contributed by atoms with van der Waals surface area (Å²) >= 11 is 12.1. The van der Waals surface area contributed by atoms with Crippen molar-refractivity contribution in [2.45, 2.75) is 25.8 Å². The Morgan fingerprint density at radius 1 is 1.38 bits per heavy atom. The highest BCUT2D eigenvalue weighted by Gasteiger charge is 2.13. The first-order valence-corrected chi connectivity index (χ1v) is 6.23. The normalized spacial score (nSPS) is 12.8. The molecule has 1 unspecified atom stereocenters. The highest BCUT2D eigenvalue weighted by Crippen LogP contribution is 2.28. The third-order valence-electron chi connectivity index (χ3n) is 2.39. The van der Waals surface area contributed by atoms with E-state index in [9.17, 15) is 0 Å². The molecule has 0 amide bonds. The molecule has 2 N–H and O–H groups in total. The molecule has 90 valence electrons. The van der Waals surface area contributed by atoms with Gasteiger partial charge in [0.1, 0.15) is 0 Å². The van der Waals surface area contributed by atoms with Crippen LogP contribution in [0, 0.1) is 0 Å². The fourth-order valence-electron chi connectivity index (χ4n) is 1.60. The summed E-state index contributed by atoms with van der Waals surface area (Å²) in [5.41, 5.74) is 0.955. The molecule has 0 saturated heterocycles. The molecular weight excluding hydrogens is 245 g/mol. The standard InChI is InChI=1S/C12H17Cl2NO/c1-2-6-15-12(5-7-16)10-8-9(13)3-4-11(10)14/h3-4,8,12,15-16H,2,5-7H2,1H3. The third-order valence-corrected chi connectivity index (χ3v) is 2.97. The van der Waals surface area contributed by atoms with Crippen molar-refractivity contribution in [2.75, 3.05) is 13.2 Å². The van der Waals surface area contributed by atoms with Crippen molar-refractivity contribution in [3.05, 3.63) is 33.8 Å². The van der Waals surface area contributed by atoms with Crippen molar-refractivity contribution in [3.63, 3.8) is 0 Å². The quantitative estimate of drug-likeness (QED) is 0.823. The largest absolute Gasteiger partial charge is 0.396 e. The summed E-state index contributed by atoms with van der Waals surface area (Å²) in [7, 11) is 0. The molecule has 0 saturated carbocycles. The van der Waals surface area contributed by atoms with Gasteiger partial charge in [0.15, 0.2) is 0 Å². The summed E-state index contributed by atoms with van der Waals surface area (Å²) in [5, 5.41) is 13.7. The Labute approximate surface area is 107 Å². The molecule has 0 heterocycles. The second-order valence-corrected chi connectivity index (χ2v) is 4.53.